The minimum Gasteiger partial charge on any atom is -0.370 e. The Morgan fingerprint density at radius 3 is 2.45 bits per heavy atom. The Kier molecular flexibility index (Phi) is 6.63. The van der Waals surface area contributed by atoms with E-state index in [0.29, 0.717) is 6.54 Å². The SMILES string of the molecule is FC(F)(F)OCC(CN1CCNCC1)OCc1ccccc1. The van der Waals surface area contributed by atoms with E-state index in [9.17, 15) is 13.2 Å². The lowest BCUT2D eigenvalue weighted by Crippen LogP contribution is -2.47. The average molecular weight is 318 g/mol. The zero-order valence-electron chi connectivity index (χ0n) is 12.3. The molecule has 0 spiro atoms. The van der Waals surface area contributed by atoms with Crippen LogP contribution in [0.3, 0.4) is 0 Å². The van der Waals surface area contributed by atoms with Gasteiger partial charge in [-0.1, -0.05) is 30.3 Å². The normalized spacial score (nSPS) is 18.3. The van der Waals surface area contributed by atoms with Crippen molar-refractivity contribution in [2.24, 2.45) is 0 Å². The van der Waals surface area contributed by atoms with Crippen LogP contribution in [0.4, 0.5) is 13.2 Å². The molecule has 22 heavy (non-hydrogen) atoms. The highest BCUT2D eigenvalue weighted by molar-refractivity contribution is 5.13. The molecule has 1 unspecified atom stereocenters. The molecule has 0 saturated carbocycles. The zero-order chi connectivity index (χ0) is 15.8. The summed E-state index contributed by atoms with van der Waals surface area (Å²) < 4.78 is 46.4. The molecule has 1 aromatic carbocycles. The van der Waals surface area contributed by atoms with Crippen LogP contribution in [-0.2, 0) is 16.1 Å². The highest BCUT2D eigenvalue weighted by atomic mass is 19.4. The van der Waals surface area contributed by atoms with Crippen LogP contribution in [0.1, 0.15) is 5.56 Å². The fourth-order valence-electron chi connectivity index (χ4n) is 2.31. The molecule has 1 fully saturated rings. The molecule has 1 aliphatic heterocycles. The van der Waals surface area contributed by atoms with E-state index in [-0.39, 0.29) is 6.61 Å². The van der Waals surface area contributed by atoms with Crippen LogP contribution in [-0.4, -0.2) is 56.7 Å². The molecular weight excluding hydrogens is 297 g/mol. The number of hydrogen-bond acceptors (Lipinski definition) is 4. The van der Waals surface area contributed by atoms with Gasteiger partial charge in [0.15, 0.2) is 0 Å². The molecule has 7 heteroatoms. The van der Waals surface area contributed by atoms with Crippen molar-refractivity contribution in [1.82, 2.24) is 10.2 Å². The monoisotopic (exact) mass is 318 g/mol. The van der Waals surface area contributed by atoms with Crippen molar-refractivity contribution in [2.75, 3.05) is 39.3 Å². The first-order chi connectivity index (χ1) is 10.5. The summed E-state index contributed by atoms with van der Waals surface area (Å²) in [5.41, 5.74) is 0.930. The van der Waals surface area contributed by atoms with E-state index >= 15 is 0 Å². The Bertz CT molecular complexity index is 423. The molecule has 124 valence electrons. The van der Waals surface area contributed by atoms with Crippen molar-refractivity contribution >= 4 is 0 Å². The molecule has 1 saturated heterocycles. The van der Waals surface area contributed by atoms with Gasteiger partial charge in [-0.25, -0.2) is 0 Å². The third-order valence-electron chi connectivity index (χ3n) is 3.43. The summed E-state index contributed by atoms with van der Waals surface area (Å²) >= 11 is 0. The molecular formula is C15H21F3N2O2. The van der Waals surface area contributed by atoms with E-state index in [0.717, 1.165) is 31.7 Å². The maximum Gasteiger partial charge on any atom is 0.522 e. The molecule has 1 N–H and O–H groups in total. The fourth-order valence-corrected chi connectivity index (χ4v) is 2.31. The number of nitrogens with zero attached hydrogens (tertiary/aromatic N) is 1. The Labute approximate surface area is 128 Å². The van der Waals surface area contributed by atoms with Gasteiger partial charge in [0.2, 0.25) is 0 Å². The predicted octanol–water partition coefficient (Wildman–Crippen LogP) is 2.01. The summed E-state index contributed by atoms with van der Waals surface area (Å²) in [4.78, 5) is 2.09. The smallest absolute Gasteiger partial charge is 0.370 e. The van der Waals surface area contributed by atoms with E-state index in [4.69, 9.17) is 4.74 Å². The average Bonchev–Trinajstić information content (AvgIpc) is 2.51. The zero-order valence-corrected chi connectivity index (χ0v) is 12.3. The van der Waals surface area contributed by atoms with Crippen LogP contribution in [0.5, 0.6) is 0 Å². The minimum absolute atomic E-state index is 0.277. The summed E-state index contributed by atoms with van der Waals surface area (Å²) in [6.45, 7) is 3.51. The lowest BCUT2D eigenvalue weighted by molar-refractivity contribution is -0.332. The second-order valence-corrected chi connectivity index (χ2v) is 5.23. The van der Waals surface area contributed by atoms with Crippen LogP contribution in [0.25, 0.3) is 0 Å². The third kappa shape index (κ3) is 6.74. The first kappa shape index (κ1) is 17.2. The standard InChI is InChI=1S/C15H21F3N2O2/c16-15(17,18)22-12-14(10-20-8-6-19-7-9-20)21-11-13-4-2-1-3-5-13/h1-5,14,19H,6-12H2. The topological polar surface area (TPSA) is 33.7 Å². The van der Waals surface area contributed by atoms with Crippen LogP contribution < -0.4 is 5.32 Å². The summed E-state index contributed by atoms with van der Waals surface area (Å²) in [7, 11) is 0. The van der Waals surface area contributed by atoms with Crippen molar-refractivity contribution in [2.45, 2.75) is 19.1 Å². The number of benzene rings is 1. The van der Waals surface area contributed by atoms with Gasteiger partial charge in [0.1, 0.15) is 0 Å². The second-order valence-electron chi connectivity index (χ2n) is 5.23. The van der Waals surface area contributed by atoms with Gasteiger partial charge in [-0.15, -0.1) is 13.2 Å². The first-order valence-corrected chi connectivity index (χ1v) is 7.32. The fraction of sp³-hybridized carbons (Fsp3) is 0.600. The number of piperazine rings is 1. The van der Waals surface area contributed by atoms with Crippen LogP contribution in [0, 0.1) is 0 Å². The summed E-state index contributed by atoms with van der Waals surface area (Å²) in [5.74, 6) is 0. The van der Waals surface area contributed by atoms with Gasteiger partial charge in [-0.2, -0.15) is 0 Å². The van der Waals surface area contributed by atoms with Gasteiger partial charge >= 0.3 is 6.36 Å². The molecule has 1 aromatic rings. The molecule has 0 bridgehead atoms. The van der Waals surface area contributed by atoms with Gasteiger partial charge in [-0.05, 0) is 5.56 Å². The molecule has 1 aliphatic rings. The lowest BCUT2D eigenvalue weighted by atomic mass is 10.2. The second kappa shape index (κ2) is 8.47. The van der Waals surface area contributed by atoms with Crippen molar-refractivity contribution in [3.05, 3.63) is 35.9 Å². The minimum atomic E-state index is -4.63. The molecule has 2 rings (SSSR count). The summed E-state index contributed by atoms with van der Waals surface area (Å²) in [5, 5.41) is 3.21. The Hall–Kier alpha value is -1.15. The Morgan fingerprint density at radius 2 is 1.82 bits per heavy atom. The van der Waals surface area contributed by atoms with Gasteiger partial charge in [0, 0.05) is 32.7 Å². The quantitative estimate of drug-likeness (QED) is 0.834. The number of alkyl halides is 3. The van der Waals surface area contributed by atoms with Gasteiger partial charge in [-0.3, -0.25) is 9.64 Å². The largest absolute Gasteiger partial charge is 0.522 e. The van der Waals surface area contributed by atoms with Crippen LogP contribution in [0.2, 0.25) is 0 Å². The number of nitrogens with one attached hydrogen (secondary N) is 1. The summed E-state index contributed by atoms with van der Waals surface area (Å²) in [6.07, 6.45) is -5.24. The maximum absolute atomic E-state index is 12.3. The predicted molar refractivity (Wildman–Crippen MR) is 76.3 cm³/mol. The highest BCUT2D eigenvalue weighted by Crippen LogP contribution is 2.17. The molecule has 4 nitrogen and oxygen atoms in total. The maximum atomic E-state index is 12.3. The number of ether oxygens (including phenoxy) is 2. The molecule has 0 amide bonds. The lowest BCUT2D eigenvalue weighted by Gasteiger charge is -2.31. The van der Waals surface area contributed by atoms with Crippen molar-refractivity contribution in [3.8, 4) is 0 Å². The van der Waals surface area contributed by atoms with E-state index < -0.39 is 19.1 Å². The third-order valence-corrected chi connectivity index (χ3v) is 3.43. The number of rotatable bonds is 7. The number of halogens is 3. The van der Waals surface area contributed by atoms with Crippen LogP contribution >= 0.6 is 0 Å². The van der Waals surface area contributed by atoms with Gasteiger partial charge < -0.3 is 10.1 Å². The molecule has 0 aromatic heterocycles. The van der Waals surface area contributed by atoms with Crippen LogP contribution in [0.15, 0.2) is 30.3 Å². The van der Waals surface area contributed by atoms with E-state index in [1.54, 1.807) is 0 Å². The summed E-state index contributed by atoms with van der Waals surface area (Å²) in [6, 6.07) is 9.39. The van der Waals surface area contributed by atoms with E-state index in [1.807, 2.05) is 30.3 Å². The number of hydrogen-bond donors (Lipinski definition) is 1. The van der Waals surface area contributed by atoms with E-state index in [2.05, 4.69) is 15.0 Å². The van der Waals surface area contributed by atoms with Crippen molar-refractivity contribution < 1.29 is 22.6 Å². The molecule has 1 heterocycles. The molecule has 0 aliphatic carbocycles. The Balaban J connectivity index is 1.85. The molecule has 1 atom stereocenters. The van der Waals surface area contributed by atoms with Crippen molar-refractivity contribution in [3.63, 3.8) is 0 Å². The molecule has 0 radical (unpaired) electrons. The van der Waals surface area contributed by atoms with Gasteiger partial charge in [0.25, 0.3) is 0 Å². The first-order valence-electron chi connectivity index (χ1n) is 7.32. The van der Waals surface area contributed by atoms with Crippen molar-refractivity contribution in [1.29, 1.82) is 0 Å². The highest BCUT2D eigenvalue weighted by Gasteiger charge is 2.31. The van der Waals surface area contributed by atoms with Gasteiger partial charge in [0.05, 0.1) is 19.3 Å². The Morgan fingerprint density at radius 1 is 1.14 bits per heavy atom. The van der Waals surface area contributed by atoms with E-state index in [1.165, 1.54) is 0 Å².